The second-order valence-corrected chi connectivity index (χ2v) is 4.64. The van der Waals surface area contributed by atoms with Crippen molar-refractivity contribution in [3.05, 3.63) is 51.8 Å². The smallest absolute Gasteiger partial charge is 0.336 e. The average Bonchev–Trinajstić information content (AvgIpc) is 2.29. The Labute approximate surface area is 114 Å². The number of benzene rings is 1. The van der Waals surface area contributed by atoms with Gasteiger partial charge in [0, 0.05) is 16.8 Å². The highest BCUT2D eigenvalue weighted by molar-refractivity contribution is 6.31. The molecule has 3 nitrogen and oxygen atoms in total. The molecule has 0 aliphatic heterocycles. The predicted molar refractivity (Wildman–Crippen MR) is 71.4 cm³/mol. The van der Waals surface area contributed by atoms with E-state index in [1.807, 2.05) is 6.92 Å². The number of carbonyl (C=O) groups is 1. The van der Waals surface area contributed by atoms with Gasteiger partial charge in [-0.2, -0.15) is 0 Å². The molecule has 0 amide bonds. The van der Waals surface area contributed by atoms with E-state index in [1.165, 1.54) is 12.3 Å². The molecule has 0 aliphatic rings. The van der Waals surface area contributed by atoms with Crippen LogP contribution in [-0.4, -0.2) is 16.1 Å². The zero-order valence-electron chi connectivity index (χ0n) is 9.45. The topological polar surface area (TPSA) is 50.2 Å². The van der Waals surface area contributed by atoms with Crippen LogP contribution < -0.4 is 0 Å². The Bertz CT molecular complexity index is 626. The fourth-order valence-corrected chi connectivity index (χ4v) is 2.14. The van der Waals surface area contributed by atoms with E-state index in [2.05, 4.69) is 4.98 Å². The van der Waals surface area contributed by atoms with Gasteiger partial charge in [-0.15, -0.1) is 0 Å². The molecule has 0 spiro atoms. The van der Waals surface area contributed by atoms with Crippen LogP contribution in [-0.2, 0) is 0 Å². The Morgan fingerprint density at radius 1 is 1.22 bits per heavy atom. The van der Waals surface area contributed by atoms with Crippen LogP contribution in [0.4, 0.5) is 0 Å². The third-order valence-electron chi connectivity index (χ3n) is 2.58. The fraction of sp³-hybridized carbons (Fsp3) is 0.0769. The van der Waals surface area contributed by atoms with E-state index in [4.69, 9.17) is 23.2 Å². The van der Waals surface area contributed by atoms with Gasteiger partial charge in [0.15, 0.2) is 0 Å². The molecule has 0 saturated heterocycles. The maximum Gasteiger partial charge on any atom is 0.336 e. The van der Waals surface area contributed by atoms with Gasteiger partial charge in [-0.25, -0.2) is 9.78 Å². The van der Waals surface area contributed by atoms with Crippen molar-refractivity contribution >= 4 is 29.2 Å². The van der Waals surface area contributed by atoms with Gasteiger partial charge < -0.3 is 5.11 Å². The van der Waals surface area contributed by atoms with Crippen LogP contribution in [0.2, 0.25) is 10.2 Å². The van der Waals surface area contributed by atoms with Crippen molar-refractivity contribution in [2.45, 2.75) is 6.92 Å². The van der Waals surface area contributed by atoms with Gasteiger partial charge in [0.05, 0.1) is 5.56 Å². The minimum atomic E-state index is -1.04. The number of hydrogen-bond acceptors (Lipinski definition) is 2. The lowest BCUT2D eigenvalue weighted by Gasteiger charge is -2.09. The molecule has 0 unspecified atom stereocenters. The number of hydrogen-bond donors (Lipinski definition) is 1. The molecule has 0 radical (unpaired) electrons. The van der Waals surface area contributed by atoms with Crippen molar-refractivity contribution < 1.29 is 9.90 Å². The number of rotatable bonds is 2. The van der Waals surface area contributed by atoms with Gasteiger partial charge in [-0.05, 0) is 36.2 Å². The molecule has 92 valence electrons. The van der Waals surface area contributed by atoms with E-state index in [0.717, 1.165) is 11.1 Å². The number of carboxylic acid groups (broad SMARTS) is 1. The normalized spacial score (nSPS) is 10.4. The molecule has 0 bridgehead atoms. The second kappa shape index (κ2) is 4.96. The van der Waals surface area contributed by atoms with Crippen molar-refractivity contribution in [1.29, 1.82) is 0 Å². The van der Waals surface area contributed by atoms with Crippen LogP contribution in [0.1, 0.15) is 15.9 Å². The largest absolute Gasteiger partial charge is 0.478 e. The van der Waals surface area contributed by atoms with Crippen LogP contribution in [0.5, 0.6) is 0 Å². The molecule has 1 N–H and O–H groups in total. The molecule has 0 saturated carbocycles. The SMILES string of the molecule is Cc1cc(Cl)ccc1-c1cnc(Cl)cc1C(=O)O. The molecule has 5 heteroatoms. The van der Waals surface area contributed by atoms with Gasteiger partial charge in [-0.3, -0.25) is 0 Å². The van der Waals surface area contributed by atoms with E-state index >= 15 is 0 Å². The van der Waals surface area contributed by atoms with Crippen molar-refractivity contribution in [1.82, 2.24) is 4.98 Å². The quantitative estimate of drug-likeness (QED) is 0.845. The fourth-order valence-electron chi connectivity index (χ4n) is 1.75. The highest BCUT2D eigenvalue weighted by atomic mass is 35.5. The summed E-state index contributed by atoms with van der Waals surface area (Å²) in [4.78, 5) is 15.1. The molecule has 2 aromatic rings. The maximum absolute atomic E-state index is 11.2. The van der Waals surface area contributed by atoms with Gasteiger partial charge in [0.1, 0.15) is 5.15 Å². The van der Waals surface area contributed by atoms with E-state index < -0.39 is 5.97 Å². The van der Waals surface area contributed by atoms with Crippen molar-refractivity contribution in [2.24, 2.45) is 0 Å². The highest BCUT2D eigenvalue weighted by Crippen LogP contribution is 2.29. The minimum absolute atomic E-state index is 0.125. The lowest BCUT2D eigenvalue weighted by molar-refractivity contribution is 0.0697. The van der Waals surface area contributed by atoms with Crippen LogP contribution in [0.3, 0.4) is 0 Å². The number of halogens is 2. The average molecular weight is 282 g/mol. The summed E-state index contributed by atoms with van der Waals surface area (Å²) in [6.45, 7) is 1.86. The summed E-state index contributed by atoms with van der Waals surface area (Å²) in [5, 5.41) is 9.95. The van der Waals surface area contributed by atoms with Crippen LogP contribution >= 0.6 is 23.2 Å². The van der Waals surface area contributed by atoms with E-state index in [1.54, 1.807) is 18.2 Å². The third-order valence-corrected chi connectivity index (χ3v) is 3.02. The van der Waals surface area contributed by atoms with Crippen LogP contribution in [0.25, 0.3) is 11.1 Å². The number of aromatic nitrogens is 1. The summed E-state index contributed by atoms with van der Waals surface area (Å²) in [5.41, 5.74) is 2.32. The standard InChI is InChI=1S/C13H9Cl2NO2/c1-7-4-8(14)2-3-9(7)11-6-16-12(15)5-10(11)13(17)18/h2-6H,1H3,(H,17,18). The minimum Gasteiger partial charge on any atom is -0.478 e. The van der Waals surface area contributed by atoms with Gasteiger partial charge in [-0.1, -0.05) is 29.3 Å². The number of pyridine rings is 1. The van der Waals surface area contributed by atoms with Crippen LogP contribution in [0.15, 0.2) is 30.5 Å². The van der Waals surface area contributed by atoms with Crippen molar-refractivity contribution in [2.75, 3.05) is 0 Å². The molecule has 1 heterocycles. The van der Waals surface area contributed by atoms with Crippen molar-refractivity contribution in [3.63, 3.8) is 0 Å². The first kappa shape index (κ1) is 12.9. The Morgan fingerprint density at radius 2 is 1.94 bits per heavy atom. The zero-order chi connectivity index (χ0) is 13.3. The van der Waals surface area contributed by atoms with E-state index in [9.17, 15) is 9.90 Å². The summed E-state index contributed by atoms with van der Waals surface area (Å²) in [5.74, 6) is -1.04. The molecule has 0 fully saturated rings. The van der Waals surface area contributed by atoms with E-state index in [0.29, 0.717) is 10.6 Å². The molecule has 1 aromatic heterocycles. The van der Waals surface area contributed by atoms with Crippen molar-refractivity contribution in [3.8, 4) is 11.1 Å². The third kappa shape index (κ3) is 2.47. The van der Waals surface area contributed by atoms with Gasteiger partial charge >= 0.3 is 5.97 Å². The Kier molecular flexibility index (Phi) is 3.55. The Balaban J connectivity index is 2.67. The monoisotopic (exact) mass is 281 g/mol. The summed E-state index contributed by atoms with van der Waals surface area (Å²) >= 11 is 11.6. The summed E-state index contributed by atoms with van der Waals surface area (Å²) in [7, 11) is 0. The number of carboxylic acids is 1. The van der Waals surface area contributed by atoms with Crippen LogP contribution in [0, 0.1) is 6.92 Å². The van der Waals surface area contributed by atoms with E-state index in [-0.39, 0.29) is 10.7 Å². The molecule has 2 rings (SSSR count). The summed E-state index contributed by atoms with van der Waals surface area (Å²) in [6.07, 6.45) is 1.46. The maximum atomic E-state index is 11.2. The summed E-state index contributed by atoms with van der Waals surface area (Å²) in [6, 6.07) is 6.60. The predicted octanol–water partition coefficient (Wildman–Crippen LogP) is 4.06. The molecule has 0 atom stereocenters. The van der Waals surface area contributed by atoms with Gasteiger partial charge in [0.25, 0.3) is 0 Å². The highest BCUT2D eigenvalue weighted by Gasteiger charge is 2.14. The molecular formula is C13H9Cl2NO2. The molecule has 0 aliphatic carbocycles. The first-order valence-corrected chi connectivity index (χ1v) is 5.90. The first-order valence-electron chi connectivity index (χ1n) is 5.14. The lowest BCUT2D eigenvalue weighted by Crippen LogP contribution is -2.01. The molecular weight excluding hydrogens is 273 g/mol. The lowest BCUT2D eigenvalue weighted by atomic mass is 9.98. The van der Waals surface area contributed by atoms with Gasteiger partial charge in [0.2, 0.25) is 0 Å². The Hall–Kier alpha value is -1.58. The molecule has 18 heavy (non-hydrogen) atoms. The zero-order valence-corrected chi connectivity index (χ0v) is 11.0. The first-order chi connectivity index (χ1) is 8.49. The number of aryl methyl sites for hydroxylation is 1. The number of nitrogens with zero attached hydrogens (tertiary/aromatic N) is 1. The number of aromatic carboxylic acids is 1. The summed E-state index contributed by atoms with van der Waals surface area (Å²) < 4.78 is 0. The Morgan fingerprint density at radius 3 is 2.56 bits per heavy atom. The molecule has 1 aromatic carbocycles. The second-order valence-electron chi connectivity index (χ2n) is 3.82.